The molecule has 0 amide bonds. The summed E-state index contributed by atoms with van der Waals surface area (Å²) < 4.78 is 0. The van der Waals surface area contributed by atoms with Gasteiger partial charge in [0.15, 0.2) is 0 Å². The van der Waals surface area contributed by atoms with Crippen LogP contribution in [0.4, 0.5) is 5.95 Å². The maximum absolute atomic E-state index is 6.15. The Labute approximate surface area is 125 Å². The highest BCUT2D eigenvalue weighted by Gasteiger charge is 2.16. The highest BCUT2D eigenvalue weighted by molar-refractivity contribution is 6.30. The molecule has 2 aromatic rings. The SMILES string of the molecule is Cc1cccc(CC(C)C)c1-c1nc(N)nc(Cl)c1C. The van der Waals surface area contributed by atoms with Gasteiger partial charge in [-0.25, -0.2) is 9.97 Å². The lowest BCUT2D eigenvalue weighted by Gasteiger charge is -2.16. The van der Waals surface area contributed by atoms with Crippen LogP contribution in [0.5, 0.6) is 0 Å². The number of hydrogen-bond acceptors (Lipinski definition) is 3. The molecular formula is C16H20ClN3. The maximum Gasteiger partial charge on any atom is 0.222 e. The normalized spacial score (nSPS) is 11.1. The van der Waals surface area contributed by atoms with Crippen molar-refractivity contribution in [2.45, 2.75) is 34.1 Å². The molecule has 0 saturated heterocycles. The molecule has 0 aliphatic rings. The highest BCUT2D eigenvalue weighted by atomic mass is 35.5. The number of anilines is 1. The van der Waals surface area contributed by atoms with Crippen LogP contribution in [0.15, 0.2) is 18.2 Å². The van der Waals surface area contributed by atoms with E-state index in [0.29, 0.717) is 11.1 Å². The number of hydrogen-bond donors (Lipinski definition) is 1. The zero-order valence-electron chi connectivity index (χ0n) is 12.4. The first-order valence-electron chi connectivity index (χ1n) is 6.78. The van der Waals surface area contributed by atoms with E-state index in [9.17, 15) is 0 Å². The van der Waals surface area contributed by atoms with E-state index < -0.39 is 0 Å². The molecule has 20 heavy (non-hydrogen) atoms. The summed E-state index contributed by atoms with van der Waals surface area (Å²) in [7, 11) is 0. The van der Waals surface area contributed by atoms with E-state index in [1.165, 1.54) is 11.1 Å². The van der Waals surface area contributed by atoms with Crippen molar-refractivity contribution in [3.8, 4) is 11.3 Å². The summed E-state index contributed by atoms with van der Waals surface area (Å²) in [6.07, 6.45) is 0.998. The van der Waals surface area contributed by atoms with Crippen LogP contribution in [0, 0.1) is 19.8 Å². The number of nitrogen functional groups attached to an aromatic ring is 1. The van der Waals surface area contributed by atoms with Gasteiger partial charge in [0.2, 0.25) is 5.95 Å². The molecule has 0 unspecified atom stereocenters. The number of nitrogens with two attached hydrogens (primary N) is 1. The molecule has 4 heteroatoms. The zero-order valence-corrected chi connectivity index (χ0v) is 13.1. The van der Waals surface area contributed by atoms with E-state index in [-0.39, 0.29) is 5.95 Å². The summed E-state index contributed by atoms with van der Waals surface area (Å²) in [4.78, 5) is 8.43. The van der Waals surface area contributed by atoms with Crippen LogP contribution in [0.3, 0.4) is 0 Å². The molecule has 1 aromatic carbocycles. The van der Waals surface area contributed by atoms with Crippen molar-refractivity contribution in [3.63, 3.8) is 0 Å². The average molecular weight is 290 g/mol. The van der Waals surface area contributed by atoms with Crippen molar-refractivity contribution in [2.75, 3.05) is 5.73 Å². The molecule has 1 aromatic heterocycles. The third-order valence-electron chi connectivity index (χ3n) is 3.33. The molecular weight excluding hydrogens is 270 g/mol. The lowest BCUT2D eigenvalue weighted by atomic mass is 9.91. The summed E-state index contributed by atoms with van der Waals surface area (Å²) in [6, 6.07) is 6.32. The summed E-state index contributed by atoms with van der Waals surface area (Å²) in [5, 5.41) is 0.422. The lowest BCUT2D eigenvalue weighted by Crippen LogP contribution is -2.04. The molecule has 2 rings (SSSR count). The van der Waals surface area contributed by atoms with Gasteiger partial charge in [0.1, 0.15) is 5.15 Å². The van der Waals surface area contributed by atoms with Gasteiger partial charge >= 0.3 is 0 Å². The van der Waals surface area contributed by atoms with Gasteiger partial charge in [-0.3, -0.25) is 0 Å². The van der Waals surface area contributed by atoms with Gasteiger partial charge < -0.3 is 5.73 Å². The van der Waals surface area contributed by atoms with E-state index in [1.807, 2.05) is 6.92 Å². The predicted octanol–water partition coefficient (Wildman–Crippen LogP) is 4.19. The van der Waals surface area contributed by atoms with Gasteiger partial charge in [-0.2, -0.15) is 0 Å². The highest BCUT2D eigenvalue weighted by Crippen LogP contribution is 2.32. The van der Waals surface area contributed by atoms with Crippen LogP contribution in [-0.2, 0) is 6.42 Å². The Morgan fingerprint density at radius 2 is 1.90 bits per heavy atom. The number of aromatic nitrogens is 2. The Hall–Kier alpha value is -1.61. The van der Waals surface area contributed by atoms with E-state index >= 15 is 0 Å². The van der Waals surface area contributed by atoms with Gasteiger partial charge in [-0.15, -0.1) is 0 Å². The Morgan fingerprint density at radius 1 is 1.20 bits per heavy atom. The molecule has 2 N–H and O–H groups in total. The molecule has 0 saturated carbocycles. The lowest BCUT2D eigenvalue weighted by molar-refractivity contribution is 0.647. The quantitative estimate of drug-likeness (QED) is 0.862. The smallest absolute Gasteiger partial charge is 0.222 e. The number of aryl methyl sites for hydroxylation is 1. The third-order valence-corrected chi connectivity index (χ3v) is 3.70. The molecule has 1 heterocycles. The topological polar surface area (TPSA) is 51.8 Å². The molecule has 0 atom stereocenters. The first-order valence-corrected chi connectivity index (χ1v) is 7.16. The second-order valence-corrected chi connectivity index (χ2v) is 5.91. The van der Waals surface area contributed by atoms with Crippen molar-refractivity contribution >= 4 is 17.5 Å². The van der Waals surface area contributed by atoms with Crippen molar-refractivity contribution in [3.05, 3.63) is 40.0 Å². The number of benzene rings is 1. The molecule has 0 radical (unpaired) electrons. The zero-order chi connectivity index (χ0) is 14.9. The Kier molecular flexibility index (Phi) is 4.29. The van der Waals surface area contributed by atoms with Gasteiger partial charge in [0, 0.05) is 11.1 Å². The monoisotopic (exact) mass is 289 g/mol. The van der Waals surface area contributed by atoms with E-state index in [0.717, 1.165) is 23.2 Å². The largest absolute Gasteiger partial charge is 0.368 e. The molecule has 0 spiro atoms. The van der Waals surface area contributed by atoms with Crippen LogP contribution in [0.2, 0.25) is 5.15 Å². The molecule has 0 aliphatic carbocycles. The minimum absolute atomic E-state index is 0.217. The molecule has 0 fully saturated rings. The number of halogens is 1. The second-order valence-electron chi connectivity index (χ2n) is 5.55. The van der Waals surface area contributed by atoms with Crippen molar-refractivity contribution < 1.29 is 0 Å². The molecule has 106 valence electrons. The molecule has 0 aliphatic heterocycles. The number of nitrogens with zero attached hydrogens (tertiary/aromatic N) is 2. The van der Waals surface area contributed by atoms with Crippen LogP contribution < -0.4 is 5.73 Å². The maximum atomic E-state index is 6.15. The van der Waals surface area contributed by atoms with Crippen LogP contribution in [-0.4, -0.2) is 9.97 Å². The minimum Gasteiger partial charge on any atom is -0.368 e. The van der Waals surface area contributed by atoms with E-state index in [1.54, 1.807) is 0 Å². The second kappa shape index (κ2) is 5.80. The van der Waals surface area contributed by atoms with Crippen molar-refractivity contribution in [2.24, 2.45) is 5.92 Å². The summed E-state index contributed by atoms with van der Waals surface area (Å²) in [6.45, 7) is 8.44. The fraction of sp³-hybridized carbons (Fsp3) is 0.375. The van der Waals surface area contributed by atoms with Gasteiger partial charge in [-0.1, -0.05) is 43.6 Å². The predicted molar refractivity (Wildman–Crippen MR) is 84.9 cm³/mol. The average Bonchev–Trinajstić information content (AvgIpc) is 2.34. The first kappa shape index (κ1) is 14.8. The van der Waals surface area contributed by atoms with Crippen LogP contribution >= 0.6 is 11.6 Å². The Balaban J connectivity index is 2.69. The van der Waals surface area contributed by atoms with E-state index in [2.05, 4.69) is 48.9 Å². The van der Waals surface area contributed by atoms with Crippen LogP contribution in [0.1, 0.15) is 30.5 Å². The van der Waals surface area contributed by atoms with Gasteiger partial charge in [0.05, 0.1) is 5.69 Å². The van der Waals surface area contributed by atoms with Gasteiger partial charge in [-0.05, 0) is 37.3 Å². The fourth-order valence-corrected chi connectivity index (χ4v) is 2.60. The molecule has 0 bridgehead atoms. The third kappa shape index (κ3) is 2.93. The van der Waals surface area contributed by atoms with Gasteiger partial charge in [0.25, 0.3) is 0 Å². The molecule has 3 nitrogen and oxygen atoms in total. The summed E-state index contributed by atoms with van der Waals surface area (Å²) in [5.41, 5.74) is 11.1. The standard InChI is InChI=1S/C16H20ClN3/c1-9(2)8-12-7-5-6-10(3)13(12)14-11(4)15(17)20-16(18)19-14/h5-7,9H,8H2,1-4H3,(H2,18,19,20). The van der Waals surface area contributed by atoms with E-state index in [4.69, 9.17) is 17.3 Å². The minimum atomic E-state index is 0.217. The van der Waals surface area contributed by atoms with Crippen molar-refractivity contribution in [1.29, 1.82) is 0 Å². The van der Waals surface area contributed by atoms with Crippen LogP contribution in [0.25, 0.3) is 11.3 Å². The van der Waals surface area contributed by atoms with Crippen molar-refractivity contribution in [1.82, 2.24) is 9.97 Å². The fourth-order valence-electron chi connectivity index (χ4n) is 2.43. The first-order chi connectivity index (χ1) is 9.40. The Bertz CT molecular complexity index is 636. The number of rotatable bonds is 3. The summed E-state index contributed by atoms with van der Waals surface area (Å²) in [5.74, 6) is 0.792. The summed E-state index contributed by atoms with van der Waals surface area (Å²) >= 11 is 6.15. The Morgan fingerprint density at radius 3 is 2.55 bits per heavy atom.